The average molecular weight is 223 g/mol. The molecule has 0 radical (unpaired) electrons. The predicted octanol–water partition coefficient (Wildman–Crippen LogP) is 3.49. The van der Waals surface area contributed by atoms with Crippen LogP contribution in [0.1, 0.15) is 6.42 Å². The monoisotopic (exact) mass is 222 g/mol. The van der Waals surface area contributed by atoms with Gasteiger partial charge in [-0.1, -0.05) is 11.6 Å². The van der Waals surface area contributed by atoms with Crippen LogP contribution in [0.15, 0.2) is 18.2 Å². The number of alkyl halides is 1. The lowest BCUT2D eigenvalue weighted by Crippen LogP contribution is -1.97. The summed E-state index contributed by atoms with van der Waals surface area (Å²) in [5, 5.41) is 0.102. The quantitative estimate of drug-likeness (QED) is 0.560. The van der Waals surface area contributed by atoms with Gasteiger partial charge in [0.1, 0.15) is 11.6 Å². The van der Waals surface area contributed by atoms with Crippen LogP contribution in [-0.4, -0.2) is 12.5 Å². The Labute approximate surface area is 86.4 Å². The van der Waals surface area contributed by atoms with Crippen molar-refractivity contribution >= 4 is 23.2 Å². The van der Waals surface area contributed by atoms with E-state index < -0.39 is 5.82 Å². The normalized spacial score (nSPS) is 10.1. The Morgan fingerprint density at radius 1 is 1.38 bits per heavy atom. The fraction of sp³-hybridized carbons (Fsp3) is 0.333. The molecule has 0 saturated carbocycles. The highest BCUT2D eigenvalue weighted by Crippen LogP contribution is 2.20. The maximum atomic E-state index is 12.9. The summed E-state index contributed by atoms with van der Waals surface area (Å²) in [7, 11) is 0. The molecule has 0 unspecified atom stereocenters. The number of ether oxygens (including phenoxy) is 1. The fourth-order valence-electron chi connectivity index (χ4n) is 0.811. The van der Waals surface area contributed by atoms with Crippen molar-refractivity contribution in [2.45, 2.75) is 6.42 Å². The maximum absolute atomic E-state index is 12.9. The first kappa shape index (κ1) is 10.6. The van der Waals surface area contributed by atoms with E-state index >= 15 is 0 Å². The summed E-state index contributed by atoms with van der Waals surface area (Å²) in [5.41, 5.74) is 0. The van der Waals surface area contributed by atoms with E-state index in [2.05, 4.69) is 0 Å². The molecule has 1 rings (SSSR count). The maximum Gasteiger partial charge on any atom is 0.145 e. The minimum absolute atomic E-state index is 0.102. The van der Waals surface area contributed by atoms with E-state index in [4.69, 9.17) is 27.9 Å². The summed E-state index contributed by atoms with van der Waals surface area (Å²) in [6.45, 7) is 0.491. The second-order valence-electron chi connectivity index (χ2n) is 2.47. The van der Waals surface area contributed by atoms with E-state index in [9.17, 15) is 4.39 Å². The highest BCUT2D eigenvalue weighted by atomic mass is 35.5. The molecule has 0 aliphatic carbocycles. The van der Waals surface area contributed by atoms with Crippen LogP contribution in [0.5, 0.6) is 5.75 Å². The van der Waals surface area contributed by atoms with Gasteiger partial charge in [-0.3, -0.25) is 0 Å². The van der Waals surface area contributed by atoms with Gasteiger partial charge in [-0.15, -0.1) is 11.6 Å². The molecule has 4 heteroatoms. The van der Waals surface area contributed by atoms with Gasteiger partial charge in [0.25, 0.3) is 0 Å². The van der Waals surface area contributed by atoms with Crippen molar-refractivity contribution in [1.29, 1.82) is 0 Å². The van der Waals surface area contributed by atoms with Crippen molar-refractivity contribution in [2.24, 2.45) is 0 Å². The molecule has 0 aliphatic rings. The molecule has 0 aromatic heterocycles. The Hall–Kier alpha value is -0.470. The first-order chi connectivity index (χ1) is 6.24. The molecule has 1 nitrogen and oxygen atoms in total. The second kappa shape index (κ2) is 5.30. The van der Waals surface area contributed by atoms with Crippen LogP contribution in [-0.2, 0) is 0 Å². The highest BCUT2D eigenvalue weighted by molar-refractivity contribution is 6.30. The number of hydrogen-bond acceptors (Lipinski definition) is 1. The zero-order chi connectivity index (χ0) is 9.68. The first-order valence-corrected chi connectivity index (χ1v) is 4.79. The van der Waals surface area contributed by atoms with E-state index in [-0.39, 0.29) is 5.02 Å². The lowest BCUT2D eigenvalue weighted by molar-refractivity contribution is 0.316. The first-order valence-electron chi connectivity index (χ1n) is 3.88. The smallest absolute Gasteiger partial charge is 0.145 e. The molecule has 0 heterocycles. The lowest BCUT2D eigenvalue weighted by Gasteiger charge is -2.04. The van der Waals surface area contributed by atoms with Crippen molar-refractivity contribution in [2.75, 3.05) is 12.5 Å². The van der Waals surface area contributed by atoms with Gasteiger partial charge in [-0.25, -0.2) is 4.39 Å². The van der Waals surface area contributed by atoms with Crippen molar-refractivity contribution in [3.05, 3.63) is 29.0 Å². The average Bonchev–Trinajstić information content (AvgIpc) is 2.12. The second-order valence-corrected chi connectivity index (χ2v) is 3.25. The Balaban J connectivity index is 2.53. The Kier molecular flexibility index (Phi) is 4.33. The molecule has 0 fully saturated rings. The van der Waals surface area contributed by atoms with Gasteiger partial charge in [0.15, 0.2) is 0 Å². The van der Waals surface area contributed by atoms with Crippen LogP contribution < -0.4 is 4.74 Å². The zero-order valence-electron chi connectivity index (χ0n) is 6.90. The van der Waals surface area contributed by atoms with E-state index in [1.807, 2.05) is 0 Å². The largest absolute Gasteiger partial charge is 0.493 e. The summed E-state index contributed by atoms with van der Waals surface area (Å²) in [6, 6.07) is 4.35. The topological polar surface area (TPSA) is 9.23 Å². The molecule has 0 amide bonds. The molecular weight excluding hydrogens is 214 g/mol. The summed E-state index contributed by atoms with van der Waals surface area (Å²) < 4.78 is 18.0. The van der Waals surface area contributed by atoms with Gasteiger partial charge in [0.05, 0.1) is 11.6 Å². The minimum atomic E-state index is -0.468. The van der Waals surface area contributed by atoms with Gasteiger partial charge >= 0.3 is 0 Å². The molecule has 0 aliphatic heterocycles. The Bertz CT molecular complexity index is 278. The molecule has 0 spiro atoms. The van der Waals surface area contributed by atoms with Crippen LogP contribution >= 0.6 is 23.2 Å². The molecule has 0 bridgehead atoms. The summed E-state index contributed by atoms with van der Waals surface area (Å²) in [6.07, 6.45) is 0.742. The van der Waals surface area contributed by atoms with Gasteiger partial charge in [0.2, 0.25) is 0 Å². The molecule has 0 saturated heterocycles. The molecule has 72 valence electrons. The lowest BCUT2D eigenvalue weighted by atomic mass is 10.3. The summed E-state index contributed by atoms with van der Waals surface area (Å²) in [4.78, 5) is 0. The predicted molar refractivity (Wildman–Crippen MR) is 52.2 cm³/mol. The van der Waals surface area contributed by atoms with E-state index in [0.29, 0.717) is 18.2 Å². The van der Waals surface area contributed by atoms with Gasteiger partial charge in [-0.2, -0.15) is 0 Å². The SMILES string of the molecule is Fc1cc(OCCCCl)ccc1Cl. The molecule has 1 aromatic rings. The molecule has 1 aromatic carbocycles. The van der Waals surface area contributed by atoms with Gasteiger partial charge in [-0.05, 0) is 18.6 Å². The van der Waals surface area contributed by atoms with Gasteiger partial charge < -0.3 is 4.74 Å². The third kappa shape index (κ3) is 3.41. The number of rotatable bonds is 4. The zero-order valence-corrected chi connectivity index (χ0v) is 8.41. The van der Waals surface area contributed by atoms with Crippen molar-refractivity contribution in [1.82, 2.24) is 0 Å². The standard InChI is InChI=1S/C9H9Cl2FO/c10-4-1-5-13-7-2-3-8(11)9(12)6-7/h2-3,6H,1,4-5H2. The van der Waals surface area contributed by atoms with Crippen molar-refractivity contribution in [3.8, 4) is 5.75 Å². The molecule has 13 heavy (non-hydrogen) atoms. The summed E-state index contributed by atoms with van der Waals surface area (Å²) >= 11 is 10.9. The minimum Gasteiger partial charge on any atom is -0.493 e. The van der Waals surface area contributed by atoms with E-state index in [1.54, 1.807) is 6.07 Å². The van der Waals surface area contributed by atoms with Crippen molar-refractivity contribution in [3.63, 3.8) is 0 Å². The van der Waals surface area contributed by atoms with Crippen molar-refractivity contribution < 1.29 is 9.13 Å². The highest BCUT2D eigenvalue weighted by Gasteiger charge is 2.00. The number of hydrogen-bond donors (Lipinski definition) is 0. The number of halogens is 3. The Morgan fingerprint density at radius 2 is 2.15 bits per heavy atom. The fourth-order valence-corrected chi connectivity index (χ4v) is 1.04. The van der Waals surface area contributed by atoms with E-state index in [0.717, 1.165) is 6.42 Å². The third-order valence-corrected chi connectivity index (χ3v) is 2.01. The molecule has 0 N–H and O–H groups in total. The third-order valence-electron chi connectivity index (χ3n) is 1.44. The van der Waals surface area contributed by atoms with Crippen LogP contribution in [0.2, 0.25) is 5.02 Å². The molecule has 0 atom stereocenters. The van der Waals surface area contributed by atoms with Gasteiger partial charge in [0, 0.05) is 11.9 Å². The molecular formula is C9H9Cl2FO. The van der Waals surface area contributed by atoms with Crippen LogP contribution in [0.4, 0.5) is 4.39 Å². The Morgan fingerprint density at radius 3 is 2.77 bits per heavy atom. The van der Waals surface area contributed by atoms with Crippen LogP contribution in [0.3, 0.4) is 0 Å². The van der Waals surface area contributed by atoms with Crippen LogP contribution in [0, 0.1) is 5.82 Å². The van der Waals surface area contributed by atoms with E-state index in [1.165, 1.54) is 12.1 Å². The summed E-state index contributed by atoms with van der Waals surface area (Å²) in [5.74, 6) is 0.549. The number of benzene rings is 1. The van der Waals surface area contributed by atoms with Crippen LogP contribution in [0.25, 0.3) is 0 Å².